The molecule has 0 aliphatic rings. The molecule has 0 unspecified atom stereocenters. The molecule has 2 aromatic heterocycles. The highest BCUT2D eigenvalue weighted by Gasteiger charge is 2.28. The van der Waals surface area contributed by atoms with Gasteiger partial charge in [-0.25, -0.2) is 4.98 Å². The maximum atomic E-state index is 11.8. The van der Waals surface area contributed by atoms with Gasteiger partial charge in [0.05, 0.1) is 11.5 Å². The Morgan fingerprint density at radius 3 is 2.88 bits per heavy atom. The quantitative estimate of drug-likeness (QED) is 0.846. The Balaban J connectivity index is 2.01. The summed E-state index contributed by atoms with van der Waals surface area (Å²) in [6.07, 6.45) is -1.39. The average molecular weight is 262 g/mol. The van der Waals surface area contributed by atoms with E-state index < -0.39 is 13.0 Å². The van der Waals surface area contributed by atoms with Crippen molar-refractivity contribution in [1.82, 2.24) is 9.55 Å². The molecule has 92 valence electrons. The highest BCUT2D eigenvalue weighted by Crippen LogP contribution is 2.23. The number of hydrogen-bond donors (Lipinski definition) is 0. The van der Waals surface area contributed by atoms with Gasteiger partial charge in [0, 0.05) is 18.9 Å². The van der Waals surface area contributed by atoms with Crippen LogP contribution < -0.4 is 0 Å². The van der Waals surface area contributed by atoms with E-state index >= 15 is 0 Å². The Hall–Kier alpha value is -1.34. The van der Waals surface area contributed by atoms with Gasteiger partial charge in [0.1, 0.15) is 5.82 Å². The van der Waals surface area contributed by atoms with Gasteiger partial charge in [-0.05, 0) is 11.4 Å². The zero-order chi connectivity index (χ0) is 12.3. The molecular weight excluding hydrogens is 253 g/mol. The summed E-state index contributed by atoms with van der Waals surface area (Å²) in [6, 6.07) is 3.74. The van der Waals surface area contributed by atoms with Gasteiger partial charge in [0.25, 0.3) is 0 Å². The second-order valence-electron chi connectivity index (χ2n) is 3.22. The van der Waals surface area contributed by atoms with Gasteiger partial charge >= 0.3 is 6.36 Å². The Bertz CT molecular complexity index is 464. The molecule has 0 aliphatic heterocycles. The summed E-state index contributed by atoms with van der Waals surface area (Å²) in [6.45, 7) is -0.301. The summed E-state index contributed by atoms with van der Waals surface area (Å²) in [5.41, 5.74) is 0. The Labute approximate surface area is 99.5 Å². The summed E-state index contributed by atoms with van der Waals surface area (Å²) in [4.78, 5) is 5.03. The highest BCUT2D eigenvalue weighted by molar-refractivity contribution is 7.13. The molecule has 0 aromatic carbocycles. The van der Waals surface area contributed by atoms with Crippen LogP contribution in [0.1, 0.15) is 0 Å². The molecular formula is C10H9F3N2OS. The normalized spacial score (nSPS) is 11.9. The van der Waals surface area contributed by atoms with E-state index in [9.17, 15) is 13.2 Å². The van der Waals surface area contributed by atoms with Crippen molar-refractivity contribution in [3.8, 4) is 10.7 Å². The zero-order valence-electron chi connectivity index (χ0n) is 8.65. The maximum Gasteiger partial charge on any atom is 0.522 e. The number of nitrogens with zero attached hydrogens (tertiary/aromatic N) is 2. The summed E-state index contributed by atoms with van der Waals surface area (Å²) in [5, 5.41) is 1.89. The van der Waals surface area contributed by atoms with Crippen LogP contribution in [0.3, 0.4) is 0 Å². The molecule has 0 aliphatic carbocycles. The first-order valence-electron chi connectivity index (χ1n) is 4.82. The lowest BCUT2D eigenvalue weighted by Gasteiger charge is -2.09. The number of rotatable bonds is 4. The van der Waals surface area contributed by atoms with Gasteiger partial charge in [0.15, 0.2) is 0 Å². The van der Waals surface area contributed by atoms with Gasteiger partial charge < -0.3 is 4.57 Å². The van der Waals surface area contributed by atoms with Crippen LogP contribution in [-0.4, -0.2) is 22.5 Å². The second kappa shape index (κ2) is 4.89. The molecule has 0 saturated carbocycles. The van der Waals surface area contributed by atoms with Gasteiger partial charge in [-0.15, -0.1) is 24.5 Å². The number of halogens is 3. The topological polar surface area (TPSA) is 27.1 Å². The largest absolute Gasteiger partial charge is 0.522 e. The molecule has 0 saturated heterocycles. The lowest BCUT2D eigenvalue weighted by molar-refractivity contribution is -0.325. The number of imidazole rings is 1. The van der Waals surface area contributed by atoms with E-state index in [0.29, 0.717) is 5.82 Å². The van der Waals surface area contributed by atoms with Crippen LogP contribution in [0.15, 0.2) is 29.9 Å². The minimum atomic E-state index is -4.58. The SMILES string of the molecule is FC(F)(F)OCCn1ccnc1-c1cccs1. The molecule has 2 heterocycles. The average Bonchev–Trinajstić information content (AvgIpc) is 2.82. The van der Waals surface area contributed by atoms with Crippen molar-refractivity contribution in [3.63, 3.8) is 0 Å². The van der Waals surface area contributed by atoms with Gasteiger partial charge in [-0.2, -0.15) is 0 Å². The predicted molar refractivity (Wildman–Crippen MR) is 57.5 cm³/mol. The fourth-order valence-corrected chi connectivity index (χ4v) is 2.12. The molecule has 17 heavy (non-hydrogen) atoms. The van der Waals surface area contributed by atoms with Crippen LogP contribution in [0.2, 0.25) is 0 Å². The first-order chi connectivity index (χ1) is 8.06. The summed E-state index contributed by atoms with van der Waals surface area (Å²) in [7, 11) is 0. The molecule has 0 bridgehead atoms. The van der Waals surface area contributed by atoms with E-state index in [2.05, 4.69) is 9.72 Å². The van der Waals surface area contributed by atoms with Crippen LogP contribution in [-0.2, 0) is 11.3 Å². The minimum Gasteiger partial charge on any atom is -0.328 e. The second-order valence-corrected chi connectivity index (χ2v) is 4.16. The van der Waals surface area contributed by atoms with E-state index in [1.165, 1.54) is 11.3 Å². The van der Waals surface area contributed by atoms with Crippen LogP contribution >= 0.6 is 11.3 Å². The first kappa shape index (κ1) is 12.1. The molecule has 3 nitrogen and oxygen atoms in total. The molecule has 7 heteroatoms. The Morgan fingerprint density at radius 2 is 2.24 bits per heavy atom. The minimum absolute atomic E-state index is 0.118. The molecule has 0 N–H and O–H groups in total. The zero-order valence-corrected chi connectivity index (χ0v) is 9.46. The van der Waals surface area contributed by atoms with E-state index in [0.717, 1.165) is 4.88 Å². The van der Waals surface area contributed by atoms with Gasteiger partial charge in [-0.3, -0.25) is 4.74 Å². The molecule has 0 spiro atoms. The van der Waals surface area contributed by atoms with Crippen LogP contribution in [0.25, 0.3) is 10.7 Å². The summed E-state index contributed by atoms with van der Waals surface area (Å²) in [5.74, 6) is 0.658. The van der Waals surface area contributed by atoms with Crippen molar-refractivity contribution in [2.45, 2.75) is 12.9 Å². The van der Waals surface area contributed by atoms with E-state index in [1.807, 2.05) is 17.5 Å². The molecule has 0 atom stereocenters. The number of ether oxygens (including phenoxy) is 1. The van der Waals surface area contributed by atoms with E-state index in [-0.39, 0.29) is 6.54 Å². The summed E-state index contributed by atoms with van der Waals surface area (Å²) >= 11 is 1.49. The third-order valence-electron chi connectivity index (χ3n) is 2.05. The highest BCUT2D eigenvalue weighted by atomic mass is 32.1. The van der Waals surface area contributed by atoms with Crippen molar-refractivity contribution in [3.05, 3.63) is 29.9 Å². The number of thiophene rings is 1. The van der Waals surface area contributed by atoms with Crippen LogP contribution in [0.5, 0.6) is 0 Å². The number of hydrogen-bond acceptors (Lipinski definition) is 3. The summed E-state index contributed by atoms with van der Waals surface area (Å²) < 4.78 is 40.8. The number of aromatic nitrogens is 2. The van der Waals surface area contributed by atoms with Crippen molar-refractivity contribution in [2.24, 2.45) is 0 Å². The predicted octanol–water partition coefficient (Wildman–Crippen LogP) is 3.15. The van der Waals surface area contributed by atoms with Crippen molar-refractivity contribution in [2.75, 3.05) is 6.61 Å². The lowest BCUT2D eigenvalue weighted by Crippen LogP contribution is -2.17. The molecule has 0 amide bonds. The van der Waals surface area contributed by atoms with Crippen LogP contribution in [0, 0.1) is 0 Å². The third-order valence-corrected chi connectivity index (χ3v) is 2.92. The molecule has 2 rings (SSSR count). The van der Waals surface area contributed by atoms with Crippen molar-refractivity contribution >= 4 is 11.3 Å². The van der Waals surface area contributed by atoms with Gasteiger partial charge in [-0.1, -0.05) is 6.07 Å². The molecule has 2 aromatic rings. The van der Waals surface area contributed by atoms with Gasteiger partial charge in [0.2, 0.25) is 0 Å². The lowest BCUT2D eigenvalue weighted by atomic mass is 10.4. The maximum absolute atomic E-state index is 11.8. The standard InChI is InChI=1S/C10H9F3N2OS/c11-10(12,13)16-6-5-15-4-3-14-9(15)8-2-1-7-17-8/h1-4,7H,5-6H2. The molecule has 0 fully saturated rings. The molecule has 0 radical (unpaired) electrons. The monoisotopic (exact) mass is 262 g/mol. The van der Waals surface area contributed by atoms with E-state index in [1.54, 1.807) is 17.0 Å². The fourth-order valence-electron chi connectivity index (χ4n) is 1.38. The first-order valence-corrected chi connectivity index (χ1v) is 5.70. The third kappa shape index (κ3) is 3.31. The van der Waals surface area contributed by atoms with Crippen molar-refractivity contribution < 1.29 is 17.9 Å². The Kier molecular flexibility index (Phi) is 3.49. The van der Waals surface area contributed by atoms with Crippen LogP contribution in [0.4, 0.5) is 13.2 Å². The Morgan fingerprint density at radius 1 is 1.41 bits per heavy atom. The van der Waals surface area contributed by atoms with E-state index in [4.69, 9.17) is 0 Å². The fraction of sp³-hybridized carbons (Fsp3) is 0.300. The van der Waals surface area contributed by atoms with Crippen molar-refractivity contribution in [1.29, 1.82) is 0 Å². The smallest absolute Gasteiger partial charge is 0.328 e. The number of alkyl halides is 3.